The van der Waals surface area contributed by atoms with Crippen LogP contribution in [0.25, 0.3) is 0 Å². The number of nitrogens with zero attached hydrogens (tertiary/aromatic N) is 2. The Kier molecular flexibility index (Phi) is 3.74. The van der Waals surface area contributed by atoms with E-state index in [-0.39, 0.29) is 0 Å². The highest BCUT2D eigenvalue weighted by molar-refractivity contribution is 5.10. The maximum atomic E-state index is 4.51. The van der Waals surface area contributed by atoms with Crippen LogP contribution in [0.15, 0.2) is 18.7 Å². The molecule has 1 heterocycles. The van der Waals surface area contributed by atoms with E-state index in [4.69, 9.17) is 0 Å². The molecule has 0 aliphatic rings. The third-order valence-electron chi connectivity index (χ3n) is 2.18. The van der Waals surface area contributed by atoms with Crippen molar-refractivity contribution in [2.24, 2.45) is 0 Å². The highest BCUT2D eigenvalue weighted by atomic mass is 15.3. The molecular formula is C11H18N2. The fourth-order valence-electron chi connectivity index (χ4n) is 1.38. The Morgan fingerprint density at radius 3 is 2.77 bits per heavy atom. The molecule has 0 amide bonds. The van der Waals surface area contributed by atoms with Crippen molar-refractivity contribution in [1.82, 2.24) is 9.78 Å². The Morgan fingerprint density at radius 2 is 2.23 bits per heavy atom. The molecule has 1 rings (SSSR count). The zero-order valence-corrected chi connectivity index (χ0v) is 8.58. The fourth-order valence-corrected chi connectivity index (χ4v) is 1.38. The molecule has 72 valence electrons. The maximum absolute atomic E-state index is 4.51. The molecule has 0 saturated heterocycles. The van der Waals surface area contributed by atoms with Crippen LogP contribution in [-0.4, -0.2) is 9.78 Å². The summed E-state index contributed by atoms with van der Waals surface area (Å²) in [5.41, 5.74) is 2.53. The summed E-state index contributed by atoms with van der Waals surface area (Å²) in [4.78, 5) is 0. The Bertz CT molecular complexity index is 274. The smallest absolute Gasteiger partial charge is 0.0624 e. The standard InChI is InChI=1S/C11H18N2/c1-4-7-8-13-11(6-3)9-10(5-2)12-13/h4,9H,1,5-8H2,2-3H3. The van der Waals surface area contributed by atoms with Crippen LogP contribution in [0.4, 0.5) is 0 Å². The zero-order valence-electron chi connectivity index (χ0n) is 8.58. The van der Waals surface area contributed by atoms with Gasteiger partial charge < -0.3 is 0 Å². The van der Waals surface area contributed by atoms with Gasteiger partial charge in [0, 0.05) is 12.2 Å². The highest BCUT2D eigenvalue weighted by Gasteiger charge is 2.03. The topological polar surface area (TPSA) is 17.8 Å². The molecule has 0 saturated carbocycles. The van der Waals surface area contributed by atoms with E-state index in [9.17, 15) is 0 Å². The monoisotopic (exact) mass is 178 g/mol. The average Bonchev–Trinajstić information content (AvgIpc) is 2.57. The molecule has 0 spiro atoms. The van der Waals surface area contributed by atoms with E-state index in [0.717, 1.165) is 25.8 Å². The lowest BCUT2D eigenvalue weighted by atomic mass is 10.2. The SMILES string of the molecule is C=CCCn1nc(CC)cc1CC. The van der Waals surface area contributed by atoms with Gasteiger partial charge in [-0.1, -0.05) is 19.9 Å². The second-order valence-corrected chi connectivity index (χ2v) is 3.13. The van der Waals surface area contributed by atoms with Crippen molar-refractivity contribution >= 4 is 0 Å². The van der Waals surface area contributed by atoms with Crippen molar-refractivity contribution in [3.05, 3.63) is 30.1 Å². The summed E-state index contributed by atoms with van der Waals surface area (Å²) in [5.74, 6) is 0. The number of hydrogen-bond donors (Lipinski definition) is 0. The van der Waals surface area contributed by atoms with E-state index in [2.05, 4.69) is 36.3 Å². The fraction of sp³-hybridized carbons (Fsp3) is 0.545. The van der Waals surface area contributed by atoms with E-state index in [1.165, 1.54) is 11.4 Å². The number of hydrogen-bond acceptors (Lipinski definition) is 1. The molecule has 13 heavy (non-hydrogen) atoms. The first-order chi connectivity index (χ1) is 6.31. The molecule has 0 aromatic carbocycles. The third-order valence-corrected chi connectivity index (χ3v) is 2.18. The predicted octanol–water partition coefficient (Wildman–Crippen LogP) is 2.58. The summed E-state index contributed by atoms with van der Waals surface area (Å²) in [6, 6.07) is 2.20. The van der Waals surface area contributed by atoms with Crippen LogP contribution in [0.3, 0.4) is 0 Å². The maximum Gasteiger partial charge on any atom is 0.0624 e. The van der Waals surface area contributed by atoms with Gasteiger partial charge in [0.2, 0.25) is 0 Å². The molecule has 0 atom stereocenters. The van der Waals surface area contributed by atoms with E-state index < -0.39 is 0 Å². The number of aromatic nitrogens is 2. The Balaban J connectivity index is 2.77. The second-order valence-electron chi connectivity index (χ2n) is 3.13. The van der Waals surface area contributed by atoms with E-state index >= 15 is 0 Å². The molecule has 0 bridgehead atoms. The van der Waals surface area contributed by atoms with E-state index in [1.54, 1.807) is 0 Å². The van der Waals surface area contributed by atoms with Crippen LogP contribution < -0.4 is 0 Å². The van der Waals surface area contributed by atoms with Crippen LogP contribution in [-0.2, 0) is 19.4 Å². The average molecular weight is 178 g/mol. The largest absolute Gasteiger partial charge is 0.269 e. The predicted molar refractivity (Wildman–Crippen MR) is 55.8 cm³/mol. The quantitative estimate of drug-likeness (QED) is 0.634. The van der Waals surface area contributed by atoms with Gasteiger partial charge in [-0.25, -0.2) is 0 Å². The molecule has 0 radical (unpaired) electrons. The summed E-state index contributed by atoms with van der Waals surface area (Å²) in [5, 5.41) is 4.51. The van der Waals surface area contributed by atoms with Gasteiger partial charge in [0.05, 0.1) is 5.69 Å². The molecular weight excluding hydrogens is 160 g/mol. The first kappa shape index (κ1) is 10.0. The molecule has 2 nitrogen and oxygen atoms in total. The van der Waals surface area contributed by atoms with Gasteiger partial charge in [-0.2, -0.15) is 5.10 Å². The van der Waals surface area contributed by atoms with Crippen molar-refractivity contribution in [3.8, 4) is 0 Å². The van der Waals surface area contributed by atoms with Gasteiger partial charge >= 0.3 is 0 Å². The van der Waals surface area contributed by atoms with Gasteiger partial charge in [-0.05, 0) is 25.3 Å². The van der Waals surface area contributed by atoms with E-state index in [0.29, 0.717) is 0 Å². The molecule has 1 aromatic heterocycles. The normalized spacial score (nSPS) is 10.3. The van der Waals surface area contributed by atoms with Crippen molar-refractivity contribution in [1.29, 1.82) is 0 Å². The van der Waals surface area contributed by atoms with Gasteiger partial charge in [-0.15, -0.1) is 6.58 Å². The lowest BCUT2D eigenvalue weighted by molar-refractivity contribution is 0.589. The molecule has 2 heteroatoms. The van der Waals surface area contributed by atoms with Gasteiger partial charge in [0.25, 0.3) is 0 Å². The summed E-state index contributed by atoms with van der Waals surface area (Å²) >= 11 is 0. The molecule has 1 aromatic rings. The van der Waals surface area contributed by atoms with Crippen molar-refractivity contribution < 1.29 is 0 Å². The van der Waals surface area contributed by atoms with E-state index in [1.807, 2.05) is 6.08 Å². The van der Waals surface area contributed by atoms with Crippen molar-refractivity contribution in [3.63, 3.8) is 0 Å². The van der Waals surface area contributed by atoms with Crippen molar-refractivity contribution in [2.75, 3.05) is 0 Å². The third kappa shape index (κ3) is 2.44. The lowest BCUT2D eigenvalue weighted by Gasteiger charge is -2.02. The number of allylic oxidation sites excluding steroid dienone is 1. The Morgan fingerprint density at radius 1 is 1.46 bits per heavy atom. The van der Waals surface area contributed by atoms with Crippen LogP contribution in [0.5, 0.6) is 0 Å². The Labute approximate surface area is 80.3 Å². The first-order valence-corrected chi connectivity index (χ1v) is 4.98. The minimum atomic E-state index is 0.965. The van der Waals surface area contributed by atoms with Crippen LogP contribution in [0, 0.1) is 0 Å². The van der Waals surface area contributed by atoms with Crippen LogP contribution in [0.2, 0.25) is 0 Å². The summed E-state index contributed by atoms with van der Waals surface area (Å²) in [7, 11) is 0. The highest BCUT2D eigenvalue weighted by Crippen LogP contribution is 2.06. The number of rotatable bonds is 5. The van der Waals surface area contributed by atoms with Crippen LogP contribution in [0.1, 0.15) is 31.7 Å². The van der Waals surface area contributed by atoms with Gasteiger partial charge in [0.1, 0.15) is 0 Å². The first-order valence-electron chi connectivity index (χ1n) is 4.98. The molecule has 0 unspecified atom stereocenters. The summed E-state index contributed by atoms with van der Waals surface area (Å²) in [6.45, 7) is 8.99. The Hall–Kier alpha value is -1.05. The minimum Gasteiger partial charge on any atom is -0.269 e. The molecule has 0 N–H and O–H groups in total. The van der Waals surface area contributed by atoms with Gasteiger partial charge in [-0.3, -0.25) is 4.68 Å². The molecule has 0 aliphatic carbocycles. The summed E-state index contributed by atoms with van der Waals surface area (Å²) < 4.78 is 2.10. The summed E-state index contributed by atoms with van der Waals surface area (Å²) in [6.07, 6.45) is 5.02. The van der Waals surface area contributed by atoms with Crippen molar-refractivity contribution in [2.45, 2.75) is 39.7 Å². The second kappa shape index (κ2) is 4.85. The molecule has 0 fully saturated rings. The zero-order chi connectivity index (χ0) is 9.68. The van der Waals surface area contributed by atoms with Gasteiger partial charge in [0.15, 0.2) is 0 Å². The van der Waals surface area contributed by atoms with Crippen LogP contribution >= 0.6 is 0 Å². The number of aryl methyl sites for hydroxylation is 3. The lowest BCUT2D eigenvalue weighted by Crippen LogP contribution is -2.03. The molecule has 0 aliphatic heterocycles. The minimum absolute atomic E-state index is 0.965.